The molecular formula is C18H30O2. The van der Waals surface area contributed by atoms with Crippen molar-refractivity contribution in [2.75, 3.05) is 0 Å². The van der Waals surface area contributed by atoms with E-state index in [4.69, 9.17) is 0 Å². The maximum atomic E-state index is 11.5. The second-order valence-electron chi connectivity index (χ2n) is 7.72. The second-order valence-corrected chi connectivity index (χ2v) is 7.72. The summed E-state index contributed by atoms with van der Waals surface area (Å²) in [6.07, 6.45) is 7.00. The van der Waals surface area contributed by atoms with Crippen molar-refractivity contribution in [3.63, 3.8) is 0 Å². The molecule has 2 bridgehead atoms. The highest BCUT2D eigenvalue weighted by Gasteiger charge is 2.61. The van der Waals surface area contributed by atoms with Gasteiger partial charge in [0.05, 0.1) is 0 Å². The SMILES string of the molecule is CCCCC(=C(C)C(=O)O)C1CC2CCC1(C)C2(C)C. The fourth-order valence-electron chi connectivity index (χ4n) is 4.86. The van der Waals surface area contributed by atoms with Crippen LogP contribution in [0.2, 0.25) is 0 Å². The lowest BCUT2D eigenvalue weighted by Crippen LogP contribution is -2.33. The third-order valence-electron chi connectivity index (χ3n) is 6.82. The van der Waals surface area contributed by atoms with E-state index in [9.17, 15) is 9.90 Å². The molecule has 0 spiro atoms. The van der Waals surface area contributed by atoms with Gasteiger partial charge in [-0.15, -0.1) is 0 Å². The summed E-state index contributed by atoms with van der Waals surface area (Å²) in [6.45, 7) is 11.2. The Morgan fingerprint density at radius 3 is 2.35 bits per heavy atom. The number of hydrogen-bond acceptors (Lipinski definition) is 1. The average molecular weight is 278 g/mol. The summed E-state index contributed by atoms with van der Waals surface area (Å²) < 4.78 is 0. The normalized spacial score (nSPS) is 36.0. The molecule has 2 heteroatoms. The van der Waals surface area contributed by atoms with Crippen molar-refractivity contribution < 1.29 is 9.90 Å². The van der Waals surface area contributed by atoms with Crippen LogP contribution in [-0.2, 0) is 4.79 Å². The Morgan fingerprint density at radius 2 is 1.95 bits per heavy atom. The summed E-state index contributed by atoms with van der Waals surface area (Å²) in [6, 6.07) is 0. The topological polar surface area (TPSA) is 37.3 Å². The van der Waals surface area contributed by atoms with Crippen LogP contribution in [0.15, 0.2) is 11.1 Å². The van der Waals surface area contributed by atoms with Crippen molar-refractivity contribution >= 4 is 5.97 Å². The molecule has 3 atom stereocenters. The Balaban J connectivity index is 2.37. The van der Waals surface area contributed by atoms with Crippen LogP contribution in [0.3, 0.4) is 0 Å². The first-order valence-electron chi connectivity index (χ1n) is 8.18. The monoisotopic (exact) mass is 278 g/mol. The fourth-order valence-corrected chi connectivity index (χ4v) is 4.86. The maximum Gasteiger partial charge on any atom is 0.331 e. The Morgan fingerprint density at radius 1 is 1.30 bits per heavy atom. The summed E-state index contributed by atoms with van der Waals surface area (Å²) >= 11 is 0. The van der Waals surface area contributed by atoms with Crippen LogP contribution in [0.1, 0.15) is 73.1 Å². The van der Waals surface area contributed by atoms with Crippen molar-refractivity contribution in [1.82, 2.24) is 0 Å². The van der Waals surface area contributed by atoms with Crippen LogP contribution in [0.25, 0.3) is 0 Å². The van der Waals surface area contributed by atoms with Gasteiger partial charge in [-0.1, -0.05) is 39.7 Å². The maximum absolute atomic E-state index is 11.5. The molecule has 2 fully saturated rings. The number of carbonyl (C=O) groups is 1. The van der Waals surface area contributed by atoms with Gasteiger partial charge in [0.2, 0.25) is 0 Å². The molecule has 2 aliphatic rings. The van der Waals surface area contributed by atoms with Crippen LogP contribution in [0.5, 0.6) is 0 Å². The molecule has 0 aliphatic heterocycles. The first-order valence-corrected chi connectivity index (χ1v) is 8.18. The fraction of sp³-hybridized carbons (Fsp3) is 0.833. The van der Waals surface area contributed by atoms with E-state index in [0.29, 0.717) is 16.9 Å². The lowest BCUT2D eigenvalue weighted by atomic mass is 9.64. The van der Waals surface area contributed by atoms with Crippen LogP contribution < -0.4 is 0 Å². The summed E-state index contributed by atoms with van der Waals surface area (Å²) in [5.41, 5.74) is 2.51. The summed E-state index contributed by atoms with van der Waals surface area (Å²) in [7, 11) is 0. The zero-order chi connectivity index (χ0) is 15.1. The molecule has 2 nitrogen and oxygen atoms in total. The van der Waals surface area contributed by atoms with Gasteiger partial charge < -0.3 is 5.11 Å². The van der Waals surface area contributed by atoms with E-state index < -0.39 is 5.97 Å². The number of carboxylic acid groups (broad SMARTS) is 1. The Bertz CT molecular complexity index is 433. The number of hydrogen-bond donors (Lipinski definition) is 1. The van der Waals surface area contributed by atoms with Crippen molar-refractivity contribution in [2.45, 2.75) is 73.1 Å². The molecule has 1 N–H and O–H groups in total. The zero-order valence-electron chi connectivity index (χ0n) is 13.8. The van der Waals surface area contributed by atoms with Crippen LogP contribution in [-0.4, -0.2) is 11.1 Å². The van der Waals surface area contributed by atoms with E-state index in [0.717, 1.165) is 25.2 Å². The quantitative estimate of drug-likeness (QED) is 0.715. The highest BCUT2D eigenvalue weighted by molar-refractivity contribution is 5.87. The summed E-state index contributed by atoms with van der Waals surface area (Å²) in [4.78, 5) is 11.5. The van der Waals surface area contributed by atoms with Gasteiger partial charge in [0.25, 0.3) is 0 Å². The predicted molar refractivity (Wildman–Crippen MR) is 82.6 cm³/mol. The largest absolute Gasteiger partial charge is 0.478 e. The zero-order valence-corrected chi connectivity index (χ0v) is 13.8. The lowest BCUT2D eigenvalue weighted by Gasteiger charge is -2.41. The number of fused-ring (bicyclic) bond motifs is 2. The van der Waals surface area contributed by atoms with Gasteiger partial charge >= 0.3 is 5.97 Å². The molecule has 2 saturated carbocycles. The van der Waals surface area contributed by atoms with Crippen molar-refractivity contribution in [1.29, 1.82) is 0 Å². The van der Waals surface area contributed by atoms with E-state index in [-0.39, 0.29) is 5.41 Å². The van der Waals surface area contributed by atoms with Crippen LogP contribution in [0.4, 0.5) is 0 Å². The molecule has 2 rings (SSSR count). The molecule has 0 aromatic rings. The van der Waals surface area contributed by atoms with Crippen LogP contribution in [0, 0.1) is 22.7 Å². The van der Waals surface area contributed by atoms with Gasteiger partial charge in [-0.25, -0.2) is 4.79 Å². The van der Waals surface area contributed by atoms with E-state index in [1.807, 2.05) is 6.92 Å². The minimum atomic E-state index is -0.722. The van der Waals surface area contributed by atoms with Crippen molar-refractivity contribution in [3.8, 4) is 0 Å². The molecule has 0 radical (unpaired) electrons. The number of allylic oxidation sites excluding steroid dienone is 1. The summed E-state index contributed by atoms with van der Waals surface area (Å²) in [5.74, 6) is 0.537. The van der Waals surface area contributed by atoms with Crippen LogP contribution >= 0.6 is 0 Å². The molecule has 3 unspecified atom stereocenters. The van der Waals surface area contributed by atoms with E-state index in [1.54, 1.807) is 0 Å². The Hall–Kier alpha value is -0.790. The molecule has 0 amide bonds. The molecule has 0 aromatic heterocycles. The average Bonchev–Trinajstić information content (AvgIpc) is 2.71. The smallest absolute Gasteiger partial charge is 0.331 e. The third-order valence-corrected chi connectivity index (χ3v) is 6.82. The molecular weight excluding hydrogens is 248 g/mol. The highest BCUT2D eigenvalue weighted by atomic mass is 16.4. The third kappa shape index (κ3) is 2.12. The van der Waals surface area contributed by atoms with Gasteiger partial charge in [-0.3, -0.25) is 0 Å². The van der Waals surface area contributed by atoms with Crippen molar-refractivity contribution in [2.24, 2.45) is 22.7 Å². The van der Waals surface area contributed by atoms with Crippen molar-refractivity contribution in [3.05, 3.63) is 11.1 Å². The lowest BCUT2D eigenvalue weighted by molar-refractivity contribution is -0.132. The number of rotatable bonds is 5. The molecule has 0 heterocycles. The van der Waals surface area contributed by atoms with Gasteiger partial charge in [0.1, 0.15) is 0 Å². The van der Waals surface area contributed by atoms with Gasteiger partial charge in [-0.05, 0) is 61.7 Å². The minimum absolute atomic E-state index is 0.289. The first kappa shape index (κ1) is 15.6. The second kappa shape index (κ2) is 5.20. The van der Waals surface area contributed by atoms with Gasteiger partial charge in [0, 0.05) is 5.57 Å². The summed E-state index contributed by atoms with van der Waals surface area (Å²) in [5, 5.41) is 9.44. The minimum Gasteiger partial charge on any atom is -0.478 e. The number of unbranched alkanes of at least 4 members (excludes halogenated alkanes) is 1. The highest BCUT2D eigenvalue weighted by Crippen LogP contribution is 2.70. The standard InChI is InChI=1S/C18H30O2/c1-6-7-8-14(12(2)16(19)20)15-11-13-9-10-18(15,5)17(13,3)4/h13,15H,6-11H2,1-5H3,(H,19,20). The molecule has 114 valence electrons. The Labute approximate surface area is 123 Å². The predicted octanol–water partition coefficient (Wildman–Crippen LogP) is 5.04. The van der Waals surface area contributed by atoms with Gasteiger partial charge in [0.15, 0.2) is 0 Å². The Kier molecular flexibility index (Phi) is 4.05. The molecule has 20 heavy (non-hydrogen) atoms. The molecule has 0 saturated heterocycles. The number of aliphatic carboxylic acids is 1. The van der Waals surface area contributed by atoms with E-state index in [2.05, 4.69) is 27.7 Å². The molecule has 2 aliphatic carbocycles. The first-order chi connectivity index (χ1) is 9.25. The van der Waals surface area contributed by atoms with Gasteiger partial charge in [-0.2, -0.15) is 0 Å². The van der Waals surface area contributed by atoms with E-state index >= 15 is 0 Å². The number of carboxylic acids is 1. The van der Waals surface area contributed by atoms with E-state index in [1.165, 1.54) is 24.8 Å². The molecule has 0 aromatic carbocycles.